The fourth-order valence-electron chi connectivity index (χ4n) is 3.28. The van der Waals surface area contributed by atoms with Crippen LogP contribution in [0, 0.1) is 17.2 Å². The number of aryl methyl sites for hydroxylation is 2. The molecule has 1 fully saturated rings. The van der Waals surface area contributed by atoms with E-state index in [9.17, 15) is 14.9 Å². The molecule has 2 aromatic carbocycles. The Bertz CT molecular complexity index is 884. The van der Waals surface area contributed by atoms with Crippen LogP contribution in [0.3, 0.4) is 0 Å². The average Bonchev–Trinajstić information content (AvgIpc) is 3.57. The Morgan fingerprint density at radius 2 is 1.79 bits per heavy atom. The number of hydrogen-bond donors (Lipinski definition) is 1. The molecule has 1 N–H and O–H groups in total. The molecular formula is C23H24N2O3. The molecule has 1 saturated carbocycles. The monoisotopic (exact) mass is 376 g/mol. The molecule has 1 aliphatic carbocycles. The summed E-state index contributed by atoms with van der Waals surface area (Å²) in [6, 6.07) is 19.5. The van der Waals surface area contributed by atoms with E-state index in [1.165, 1.54) is 5.56 Å². The molecule has 1 amide bonds. The van der Waals surface area contributed by atoms with E-state index >= 15 is 0 Å². The van der Waals surface area contributed by atoms with Gasteiger partial charge in [0.1, 0.15) is 5.54 Å². The lowest BCUT2D eigenvalue weighted by Gasteiger charge is -2.22. The van der Waals surface area contributed by atoms with Crippen molar-refractivity contribution in [3.63, 3.8) is 0 Å². The molecule has 28 heavy (non-hydrogen) atoms. The van der Waals surface area contributed by atoms with E-state index in [-0.39, 0.29) is 5.92 Å². The SMILES string of the molecule is CC(C#N)(NC(=O)COC(=O)c1ccccc1CCc1ccccc1)C1CC1. The first-order chi connectivity index (χ1) is 13.5. The number of nitrogens with one attached hydrogen (secondary N) is 1. The van der Waals surface area contributed by atoms with Crippen molar-refractivity contribution in [1.82, 2.24) is 5.32 Å². The lowest BCUT2D eigenvalue weighted by Crippen LogP contribution is -2.48. The molecule has 0 heterocycles. The molecule has 1 unspecified atom stereocenters. The van der Waals surface area contributed by atoms with Crippen molar-refractivity contribution in [2.24, 2.45) is 5.92 Å². The zero-order valence-corrected chi connectivity index (χ0v) is 16.0. The molecule has 5 heteroatoms. The molecule has 2 aromatic rings. The molecule has 144 valence electrons. The minimum absolute atomic E-state index is 0.177. The fraction of sp³-hybridized carbons (Fsp3) is 0.348. The van der Waals surface area contributed by atoms with E-state index in [1.54, 1.807) is 19.1 Å². The van der Waals surface area contributed by atoms with Gasteiger partial charge in [-0.1, -0.05) is 48.5 Å². The van der Waals surface area contributed by atoms with Crippen LogP contribution >= 0.6 is 0 Å². The van der Waals surface area contributed by atoms with E-state index in [0.717, 1.165) is 24.8 Å². The third kappa shape index (κ3) is 4.98. The van der Waals surface area contributed by atoms with Gasteiger partial charge in [0, 0.05) is 0 Å². The Balaban J connectivity index is 1.57. The number of esters is 1. The van der Waals surface area contributed by atoms with Crippen molar-refractivity contribution < 1.29 is 14.3 Å². The van der Waals surface area contributed by atoms with Crippen molar-refractivity contribution in [3.05, 3.63) is 71.3 Å². The minimum Gasteiger partial charge on any atom is -0.452 e. The Kier molecular flexibility index (Phi) is 6.10. The van der Waals surface area contributed by atoms with Gasteiger partial charge in [-0.15, -0.1) is 0 Å². The normalized spacial score (nSPS) is 15.1. The maximum absolute atomic E-state index is 12.5. The van der Waals surface area contributed by atoms with Crippen LogP contribution in [0.25, 0.3) is 0 Å². The third-order valence-electron chi connectivity index (χ3n) is 5.12. The first kappa shape index (κ1) is 19.6. The number of benzene rings is 2. The van der Waals surface area contributed by atoms with Crippen LogP contribution < -0.4 is 5.32 Å². The maximum atomic E-state index is 12.5. The number of nitrogens with zero attached hydrogens (tertiary/aromatic N) is 1. The molecule has 0 spiro atoms. The number of amides is 1. The van der Waals surface area contributed by atoms with E-state index in [4.69, 9.17) is 4.74 Å². The van der Waals surface area contributed by atoms with Gasteiger partial charge in [-0.3, -0.25) is 4.79 Å². The average molecular weight is 376 g/mol. The van der Waals surface area contributed by atoms with E-state index in [2.05, 4.69) is 23.5 Å². The number of carbonyl (C=O) groups is 2. The number of ether oxygens (including phenoxy) is 1. The molecule has 0 aromatic heterocycles. The maximum Gasteiger partial charge on any atom is 0.338 e. The van der Waals surface area contributed by atoms with Crippen molar-refractivity contribution in [1.29, 1.82) is 5.26 Å². The standard InChI is InChI=1S/C23H24N2O3/c1-23(16-24,19-13-14-19)25-21(26)15-28-22(27)20-10-6-5-9-18(20)12-11-17-7-3-2-4-8-17/h2-10,19H,11-15H2,1H3,(H,25,26). The zero-order valence-electron chi connectivity index (χ0n) is 16.0. The van der Waals surface area contributed by atoms with Gasteiger partial charge in [-0.05, 0) is 55.7 Å². The molecule has 3 rings (SSSR count). The summed E-state index contributed by atoms with van der Waals surface area (Å²) in [7, 11) is 0. The van der Waals surface area contributed by atoms with Crippen LogP contribution in [0.5, 0.6) is 0 Å². The topological polar surface area (TPSA) is 79.2 Å². The summed E-state index contributed by atoms with van der Waals surface area (Å²) in [6.45, 7) is 1.32. The number of hydrogen-bond acceptors (Lipinski definition) is 4. The number of carbonyl (C=O) groups excluding carboxylic acids is 2. The van der Waals surface area contributed by atoms with Crippen LogP contribution in [0.4, 0.5) is 0 Å². The zero-order chi connectivity index (χ0) is 20.0. The number of nitriles is 1. The predicted octanol–water partition coefficient (Wildman–Crippen LogP) is 3.44. The van der Waals surface area contributed by atoms with Crippen molar-refractivity contribution in [3.8, 4) is 6.07 Å². The second-order valence-electron chi connectivity index (χ2n) is 7.36. The molecule has 0 bridgehead atoms. The summed E-state index contributed by atoms with van der Waals surface area (Å²) in [5.41, 5.74) is 1.66. The summed E-state index contributed by atoms with van der Waals surface area (Å²) in [4.78, 5) is 24.6. The van der Waals surface area contributed by atoms with Gasteiger partial charge in [-0.2, -0.15) is 5.26 Å². The van der Waals surface area contributed by atoms with Crippen molar-refractivity contribution in [2.75, 3.05) is 6.61 Å². The molecule has 5 nitrogen and oxygen atoms in total. The van der Waals surface area contributed by atoms with Gasteiger partial charge >= 0.3 is 5.97 Å². The highest BCUT2D eigenvalue weighted by atomic mass is 16.5. The fourth-order valence-corrected chi connectivity index (χ4v) is 3.28. The molecule has 1 aliphatic rings. The smallest absolute Gasteiger partial charge is 0.338 e. The van der Waals surface area contributed by atoms with E-state index in [1.807, 2.05) is 30.3 Å². The lowest BCUT2D eigenvalue weighted by atomic mass is 9.98. The van der Waals surface area contributed by atoms with Gasteiger partial charge in [0.2, 0.25) is 0 Å². The summed E-state index contributed by atoms with van der Waals surface area (Å²) in [5.74, 6) is -0.800. The number of rotatable bonds is 8. The molecule has 1 atom stereocenters. The largest absolute Gasteiger partial charge is 0.452 e. The quantitative estimate of drug-likeness (QED) is 0.716. The Hall–Kier alpha value is -3.13. The first-order valence-electron chi connectivity index (χ1n) is 9.53. The minimum atomic E-state index is -0.892. The lowest BCUT2D eigenvalue weighted by molar-refractivity contribution is -0.125. The van der Waals surface area contributed by atoms with Crippen LogP contribution in [0.15, 0.2) is 54.6 Å². The molecular weight excluding hydrogens is 352 g/mol. The highest BCUT2D eigenvalue weighted by Gasteiger charge is 2.43. The highest BCUT2D eigenvalue weighted by molar-refractivity contribution is 5.92. The first-order valence-corrected chi connectivity index (χ1v) is 9.53. The van der Waals surface area contributed by atoms with Crippen molar-refractivity contribution >= 4 is 11.9 Å². The summed E-state index contributed by atoms with van der Waals surface area (Å²) < 4.78 is 5.21. The highest BCUT2D eigenvalue weighted by Crippen LogP contribution is 2.39. The molecule has 0 saturated heterocycles. The Morgan fingerprint density at radius 3 is 2.46 bits per heavy atom. The van der Waals surface area contributed by atoms with Crippen LogP contribution in [-0.4, -0.2) is 24.0 Å². The van der Waals surface area contributed by atoms with Crippen LogP contribution in [0.1, 0.15) is 41.3 Å². The summed E-state index contributed by atoms with van der Waals surface area (Å²) in [5, 5.41) is 12.0. The van der Waals surface area contributed by atoms with Crippen LogP contribution in [-0.2, 0) is 22.4 Å². The van der Waals surface area contributed by atoms with Gasteiger partial charge in [0.15, 0.2) is 6.61 Å². The van der Waals surface area contributed by atoms with Gasteiger partial charge < -0.3 is 10.1 Å². The van der Waals surface area contributed by atoms with Gasteiger partial charge in [0.25, 0.3) is 5.91 Å². The van der Waals surface area contributed by atoms with Crippen LogP contribution in [0.2, 0.25) is 0 Å². The predicted molar refractivity (Wildman–Crippen MR) is 105 cm³/mol. The van der Waals surface area contributed by atoms with Crippen molar-refractivity contribution in [2.45, 2.75) is 38.1 Å². The van der Waals surface area contributed by atoms with E-state index in [0.29, 0.717) is 12.0 Å². The van der Waals surface area contributed by atoms with Gasteiger partial charge in [-0.25, -0.2) is 4.79 Å². The second-order valence-corrected chi connectivity index (χ2v) is 7.36. The second kappa shape index (κ2) is 8.71. The van der Waals surface area contributed by atoms with Gasteiger partial charge in [0.05, 0.1) is 11.6 Å². The summed E-state index contributed by atoms with van der Waals surface area (Å²) >= 11 is 0. The third-order valence-corrected chi connectivity index (χ3v) is 5.12. The molecule has 0 radical (unpaired) electrons. The Morgan fingerprint density at radius 1 is 1.11 bits per heavy atom. The summed E-state index contributed by atoms with van der Waals surface area (Å²) in [6.07, 6.45) is 3.38. The van der Waals surface area contributed by atoms with E-state index < -0.39 is 24.0 Å². The molecule has 0 aliphatic heterocycles. The Labute approximate surface area is 165 Å².